The fourth-order valence-electron chi connectivity index (χ4n) is 1.58. The first-order valence-electron chi connectivity index (χ1n) is 6.15. The molecule has 0 bridgehead atoms. The molecule has 1 heterocycles. The van der Waals surface area contributed by atoms with Gasteiger partial charge >= 0.3 is 0 Å². The van der Waals surface area contributed by atoms with Crippen LogP contribution in [0.4, 0.5) is 5.82 Å². The molecule has 106 valence electrons. The van der Waals surface area contributed by atoms with Crippen molar-refractivity contribution in [2.75, 3.05) is 25.6 Å². The van der Waals surface area contributed by atoms with E-state index in [9.17, 15) is 4.79 Å². The van der Waals surface area contributed by atoms with Crippen LogP contribution in [0.5, 0.6) is 0 Å². The summed E-state index contributed by atoms with van der Waals surface area (Å²) in [6.07, 6.45) is 0. The lowest BCUT2D eigenvalue weighted by Gasteiger charge is -2.21. The number of aliphatic hydroxyl groups is 1. The number of aromatic nitrogens is 1. The van der Waals surface area contributed by atoms with Crippen molar-refractivity contribution in [2.45, 2.75) is 26.2 Å². The van der Waals surface area contributed by atoms with Crippen molar-refractivity contribution in [3.63, 3.8) is 0 Å². The van der Waals surface area contributed by atoms with E-state index in [0.717, 1.165) is 5.69 Å². The summed E-state index contributed by atoms with van der Waals surface area (Å²) in [6.45, 7) is 6.27. The van der Waals surface area contributed by atoms with Crippen molar-refractivity contribution in [1.29, 1.82) is 0 Å². The Morgan fingerprint density at radius 2 is 2.11 bits per heavy atom. The van der Waals surface area contributed by atoms with Crippen LogP contribution in [0.1, 0.15) is 36.8 Å². The van der Waals surface area contributed by atoms with E-state index in [0.29, 0.717) is 11.4 Å². The molecule has 1 rings (SSSR count). The van der Waals surface area contributed by atoms with E-state index in [4.69, 9.17) is 10.9 Å². The number of carbonyl (C=O) groups excluding carboxylic acids is 1. The third-order valence-electron chi connectivity index (χ3n) is 2.77. The number of hydrazine groups is 1. The Kier molecular flexibility index (Phi) is 4.85. The van der Waals surface area contributed by atoms with E-state index in [1.807, 2.05) is 20.8 Å². The maximum absolute atomic E-state index is 12.2. The number of nitrogens with zero attached hydrogens (tertiary/aromatic N) is 2. The Morgan fingerprint density at radius 3 is 2.58 bits per heavy atom. The molecule has 0 saturated heterocycles. The summed E-state index contributed by atoms with van der Waals surface area (Å²) in [6, 6.07) is 3.36. The van der Waals surface area contributed by atoms with Gasteiger partial charge in [0.15, 0.2) is 0 Å². The molecule has 0 atom stereocenters. The van der Waals surface area contributed by atoms with Gasteiger partial charge in [0.1, 0.15) is 5.82 Å². The monoisotopic (exact) mass is 266 g/mol. The van der Waals surface area contributed by atoms with Gasteiger partial charge in [-0.05, 0) is 12.1 Å². The van der Waals surface area contributed by atoms with Crippen LogP contribution >= 0.6 is 0 Å². The second kappa shape index (κ2) is 5.99. The fourth-order valence-corrected chi connectivity index (χ4v) is 1.58. The molecular formula is C13H22N4O2. The minimum absolute atomic E-state index is 0.0680. The number of nitrogens with two attached hydrogens (primary N) is 1. The predicted molar refractivity (Wildman–Crippen MR) is 74.8 cm³/mol. The summed E-state index contributed by atoms with van der Waals surface area (Å²) in [4.78, 5) is 18.0. The molecule has 19 heavy (non-hydrogen) atoms. The molecule has 1 aromatic rings. The molecule has 0 unspecified atom stereocenters. The van der Waals surface area contributed by atoms with E-state index in [2.05, 4.69) is 10.4 Å². The summed E-state index contributed by atoms with van der Waals surface area (Å²) >= 11 is 0. The van der Waals surface area contributed by atoms with Crippen LogP contribution in [0.15, 0.2) is 12.1 Å². The van der Waals surface area contributed by atoms with Gasteiger partial charge in [-0.1, -0.05) is 20.8 Å². The van der Waals surface area contributed by atoms with Crippen molar-refractivity contribution in [3.05, 3.63) is 23.4 Å². The molecule has 4 N–H and O–H groups in total. The van der Waals surface area contributed by atoms with E-state index in [1.54, 1.807) is 19.2 Å². The van der Waals surface area contributed by atoms with Gasteiger partial charge in [0, 0.05) is 30.3 Å². The summed E-state index contributed by atoms with van der Waals surface area (Å²) < 4.78 is 0. The molecule has 0 aliphatic heterocycles. The standard InChI is InChI=1S/C13H22N4O2/c1-13(2,3)10-7-9(8-11(15-10)16-14)12(19)17(4)5-6-18/h7-8,18H,5-6,14H2,1-4H3,(H,15,16). The highest BCUT2D eigenvalue weighted by Crippen LogP contribution is 2.23. The van der Waals surface area contributed by atoms with Crippen LogP contribution in [0, 0.1) is 0 Å². The zero-order valence-electron chi connectivity index (χ0n) is 11.9. The van der Waals surface area contributed by atoms with Crippen LogP contribution in [0.3, 0.4) is 0 Å². The molecular weight excluding hydrogens is 244 g/mol. The molecule has 0 spiro atoms. The van der Waals surface area contributed by atoms with Gasteiger partial charge in [0.25, 0.3) is 5.91 Å². The average molecular weight is 266 g/mol. The average Bonchev–Trinajstić information content (AvgIpc) is 2.36. The molecule has 1 aromatic heterocycles. The number of hydrogen-bond donors (Lipinski definition) is 3. The van der Waals surface area contributed by atoms with Crippen LogP contribution in [-0.4, -0.2) is 41.1 Å². The number of nitrogens with one attached hydrogen (secondary N) is 1. The third-order valence-corrected chi connectivity index (χ3v) is 2.77. The predicted octanol–water partition coefficient (Wildman–Crippen LogP) is 0.729. The third kappa shape index (κ3) is 3.90. The summed E-state index contributed by atoms with van der Waals surface area (Å²) in [5, 5.41) is 8.88. The van der Waals surface area contributed by atoms with Gasteiger partial charge in [-0.25, -0.2) is 10.8 Å². The summed E-state index contributed by atoms with van der Waals surface area (Å²) in [5.41, 5.74) is 3.58. The number of hydrogen-bond acceptors (Lipinski definition) is 5. The highest BCUT2D eigenvalue weighted by Gasteiger charge is 2.20. The molecule has 0 fully saturated rings. The topological polar surface area (TPSA) is 91.5 Å². The van der Waals surface area contributed by atoms with Crippen LogP contribution in [0.25, 0.3) is 0 Å². The lowest BCUT2D eigenvalue weighted by Crippen LogP contribution is -2.30. The minimum Gasteiger partial charge on any atom is -0.395 e. The van der Waals surface area contributed by atoms with E-state index < -0.39 is 0 Å². The molecule has 0 saturated carbocycles. The smallest absolute Gasteiger partial charge is 0.253 e. The Labute approximate surface area is 113 Å². The number of nitrogen functional groups attached to an aromatic ring is 1. The normalized spacial score (nSPS) is 11.3. The number of pyridine rings is 1. The van der Waals surface area contributed by atoms with E-state index >= 15 is 0 Å². The van der Waals surface area contributed by atoms with Crippen molar-refractivity contribution >= 4 is 11.7 Å². The number of aliphatic hydroxyl groups excluding tert-OH is 1. The molecule has 6 heteroatoms. The first-order valence-corrected chi connectivity index (χ1v) is 6.15. The van der Waals surface area contributed by atoms with E-state index in [1.165, 1.54) is 4.90 Å². The summed E-state index contributed by atoms with van der Waals surface area (Å²) in [7, 11) is 1.64. The largest absolute Gasteiger partial charge is 0.395 e. The maximum atomic E-state index is 12.2. The number of likely N-dealkylation sites (N-methyl/N-ethyl adjacent to an activating group) is 1. The number of carbonyl (C=O) groups is 1. The Hall–Kier alpha value is -1.66. The van der Waals surface area contributed by atoms with Gasteiger partial charge in [-0.2, -0.15) is 0 Å². The van der Waals surface area contributed by atoms with Gasteiger partial charge < -0.3 is 15.4 Å². The highest BCUT2D eigenvalue weighted by molar-refractivity contribution is 5.94. The van der Waals surface area contributed by atoms with Gasteiger partial charge in [-0.3, -0.25) is 4.79 Å². The second-order valence-electron chi connectivity index (χ2n) is 5.47. The van der Waals surface area contributed by atoms with Gasteiger partial charge in [0.2, 0.25) is 0 Å². The maximum Gasteiger partial charge on any atom is 0.253 e. The Morgan fingerprint density at radius 1 is 1.47 bits per heavy atom. The van der Waals surface area contributed by atoms with Crippen molar-refractivity contribution < 1.29 is 9.90 Å². The lowest BCUT2D eigenvalue weighted by molar-refractivity contribution is 0.0766. The molecule has 0 aliphatic rings. The molecule has 0 radical (unpaired) electrons. The summed E-state index contributed by atoms with van der Waals surface area (Å²) in [5.74, 6) is 5.67. The minimum atomic E-state index is -0.183. The van der Waals surface area contributed by atoms with Gasteiger partial charge in [0.05, 0.1) is 6.61 Å². The zero-order chi connectivity index (χ0) is 14.6. The van der Waals surface area contributed by atoms with E-state index in [-0.39, 0.29) is 24.5 Å². The van der Waals surface area contributed by atoms with Crippen LogP contribution in [0.2, 0.25) is 0 Å². The fraction of sp³-hybridized carbons (Fsp3) is 0.538. The molecule has 6 nitrogen and oxygen atoms in total. The first kappa shape index (κ1) is 15.4. The number of amides is 1. The zero-order valence-corrected chi connectivity index (χ0v) is 11.9. The second-order valence-corrected chi connectivity index (χ2v) is 5.47. The Bertz CT molecular complexity index is 454. The number of rotatable bonds is 4. The Balaban J connectivity index is 3.17. The van der Waals surface area contributed by atoms with Crippen LogP contribution in [-0.2, 0) is 5.41 Å². The molecule has 0 aliphatic carbocycles. The van der Waals surface area contributed by atoms with Crippen molar-refractivity contribution in [3.8, 4) is 0 Å². The quantitative estimate of drug-likeness (QED) is 0.552. The SMILES string of the molecule is CN(CCO)C(=O)c1cc(NN)nc(C(C)(C)C)c1. The number of anilines is 1. The van der Waals surface area contributed by atoms with Gasteiger partial charge in [-0.15, -0.1) is 0 Å². The highest BCUT2D eigenvalue weighted by atomic mass is 16.3. The first-order chi connectivity index (χ1) is 8.79. The van der Waals surface area contributed by atoms with Crippen molar-refractivity contribution in [2.24, 2.45) is 5.84 Å². The lowest BCUT2D eigenvalue weighted by atomic mass is 9.90. The molecule has 0 aromatic carbocycles. The molecule has 1 amide bonds. The van der Waals surface area contributed by atoms with Crippen LogP contribution < -0.4 is 11.3 Å². The van der Waals surface area contributed by atoms with Crippen molar-refractivity contribution in [1.82, 2.24) is 9.88 Å².